The Labute approximate surface area is 162 Å². The molecule has 0 aromatic rings. The zero-order valence-electron chi connectivity index (χ0n) is 18.0. The molecule has 0 saturated carbocycles. The van der Waals surface area contributed by atoms with Crippen LogP contribution in [0.4, 0.5) is 0 Å². The molecule has 0 aliphatic heterocycles. The van der Waals surface area contributed by atoms with Gasteiger partial charge in [0.2, 0.25) is 0 Å². The highest BCUT2D eigenvalue weighted by Crippen LogP contribution is 2.13. The number of hydrogen-bond acceptors (Lipinski definition) is 2. The van der Waals surface area contributed by atoms with Gasteiger partial charge in [0.25, 0.3) is 0 Å². The molecule has 0 aromatic carbocycles. The quantitative estimate of drug-likeness (QED) is 0.251. The van der Waals surface area contributed by atoms with Gasteiger partial charge in [0.05, 0.1) is 0 Å². The van der Waals surface area contributed by atoms with E-state index in [4.69, 9.17) is 4.74 Å². The Balaban J connectivity index is 3.99. The summed E-state index contributed by atoms with van der Waals surface area (Å²) in [6.45, 7) is 13.3. The van der Waals surface area contributed by atoms with Crippen LogP contribution in [0, 0.1) is 0 Å². The fourth-order valence-corrected chi connectivity index (χ4v) is 2.54. The van der Waals surface area contributed by atoms with Gasteiger partial charge in [-0.3, -0.25) is 4.79 Å². The van der Waals surface area contributed by atoms with Crippen LogP contribution in [0.1, 0.15) is 92.9 Å². The maximum Gasteiger partial charge on any atom is 0.306 e. The molecule has 0 fully saturated rings. The van der Waals surface area contributed by atoms with Gasteiger partial charge in [-0.15, -0.1) is 0 Å². The highest BCUT2D eigenvalue weighted by atomic mass is 16.5. The highest BCUT2D eigenvalue weighted by molar-refractivity contribution is 5.69. The smallest absolute Gasteiger partial charge is 0.306 e. The normalized spacial score (nSPS) is 12.9. The van der Waals surface area contributed by atoms with E-state index in [2.05, 4.69) is 52.8 Å². The van der Waals surface area contributed by atoms with Gasteiger partial charge >= 0.3 is 5.97 Å². The molecule has 2 heteroatoms. The van der Waals surface area contributed by atoms with E-state index in [0.717, 1.165) is 38.5 Å². The Bertz CT molecular complexity index is 514. The third-order valence-corrected chi connectivity index (χ3v) is 4.28. The average Bonchev–Trinajstić information content (AvgIpc) is 2.54. The first-order valence-corrected chi connectivity index (χ1v) is 10.1. The largest absolute Gasteiger partial charge is 0.461 e. The summed E-state index contributed by atoms with van der Waals surface area (Å²) in [4.78, 5) is 11.3. The predicted octanol–water partition coefficient (Wildman–Crippen LogP) is 7.48. The van der Waals surface area contributed by atoms with Crippen LogP contribution in [-0.2, 0) is 9.53 Å². The molecule has 0 aliphatic rings. The Hall–Kier alpha value is -1.57. The standard InChI is InChI=1S/C24H40O2/c1-7-11-24(25)26-19-18-23(6)17-10-16-22(5)15-9-14-21(4)13-8-12-20(2)3/h12,14,16,18H,7-11,13,15,17,19H2,1-6H3. The van der Waals surface area contributed by atoms with E-state index in [0.29, 0.717) is 13.0 Å². The number of carbonyl (C=O) groups excluding carboxylic acids is 1. The van der Waals surface area contributed by atoms with Gasteiger partial charge in [-0.2, -0.15) is 0 Å². The molecular formula is C24H40O2. The molecule has 0 radical (unpaired) electrons. The second kappa shape index (κ2) is 15.7. The summed E-state index contributed by atoms with van der Waals surface area (Å²) in [7, 11) is 0. The summed E-state index contributed by atoms with van der Waals surface area (Å²) in [5, 5.41) is 0. The molecular weight excluding hydrogens is 320 g/mol. The first-order chi connectivity index (χ1) is 12.3. The summed E-state index contributed by atoms with van der Waals surface area (Å²) in [6.07, 6.45) is 17.1. The number of esters is 1. The molecule has 26 heavy (non-hydrogen) atoms. The van der Waals surface area contributed by atoms with E-state index < -0.39 is 0 Å². The Kier molecular flexibility index (Phi) is 14.7. The van der Waals surface area contributed by atoms with Crippen molar-refractivity contribution in [2.24, 2.45) is 0 Å². The molecule has 0 aromatic heterocycles. The van der Waals surface area contributed by atoms with E-state index in [1.807, 2.05) is 13.0 Å². The molecule has 148 valence electrons. The zero-order valence-corrected chi connectivity index (χ0v) is 18.0. The molecule has 0 bridgehead atoms. The van der Waals surface area contributed by atoms with Crippen molar-refractivity contribution in [1.29, 1.82) is 0 Å². The van der Waals surface area contributed by atoms with Crippen LogP contribution in [0.25, 0.3) is 0 Å². The summed E-state index contributed by atoms with van der Waals surface area (Å²) >= 11 is 0. The molecule has 0 unspecified atom stereocenters. The minimum atomic E-state index is -0.100. The first kappa shape index (κ1) is 24.4. The van der Waals surface area contributed by atoms with Gasteiger partial charge < -0.3 is 4.74 Å². The maximum absolute atomic E-state index is 11.3. The van der Waals surface area contributed by atoms with E-state index in [9.17, 15) is 4.79 Å². The van der Waals surface area contributed by atoms with Gasteiger partial charge in [0.1, 0.15) is 6.61 Å². The van der Waals surface area contributed by atoms with E-state index in [1.165, 1.54) is 28.7 Å². The van der Waals surface area contributed by atoms with Crippen molar-refractivity contribution in [3.63, 3.8) is 0 Å². The molecule has 0 saturated heterocycles. The lowest BCUT2D eigenvalue weighted by Gasteiger charge is -2.03. The van der Waals surface area contributed by atoms with Gasteiger partial charge in [-0.1, -0.05) is 47.4 Å². The van der Waals surface area contributed by atoms with Crippen molar-refractivity contribution < 1.29 is 9.53 Å². The van der Waals surface area contributed by atoms with Crippen LogP contribution in [0.5, 0.6) is 0 Å². The lowest BCUT2D eigenvalue weighted by molar-refractivity contribution is -0.142. The lowest BCUT2D eigenvalue weighted by atomic mass is 10.0. The van der Waals surface area contributed by atoms with Crippen molar-refractivity contribution in [2.75, 3.05) is 6.61 Å². The summed E-state index contributed by atoms with van der Waals surface area (Å²) < 4.78 is 5.16. The minimum Gasteiger partial charge on any atom is -0.461 e. The Morgan fingerprint density at radius 1 is 0.692 bits per heavy atom. The molecule has 0 heterocycles. The number of carbonyl (C=O) groups is 1. The topological polar surface area (TPSA) is 26.3 Å². The molecule has 0 atom stereocenters. The lowest BCUT2D eigenvalue weighted by Crippen LogP contribution is -2.03. The average molecular weight is 361 g/mol. The predicted molar refractivity (Wildman–Crippen MR) is 114 cm³/mol. The molecule has 0 rings (SSSR count). The van der Waals surface area contributed by atoms with Gasteiger partial charge in [-0.25, -0.2) is 0 Å². The maximum atomic E-state index is 11.3. The molecule has 0 aliphatic carbocycles. The van der Waals surface area contributed by atoms with Crippen molar-refractivity contribution >= 4 is 5.97 Å². The first-order valence-electron chi connectivity index (χ1n) is 10.1. The zero-order chi connectivity index (χ0) is 19.8. The Morgan fingerprint density at radius 3 is 1.62 bits per heavy atom. The summed E-state index contributed by atoms with van der Waals surface area (Å²) in [5.41, 5.74) is 5.64. The number of rotatable bonds is 13. The second-order valence-corrected chi connectivity index (χ2v) is 7.48. The van der Waals surface area contributed by atoms with Crippen molar-refractivity contribution in [2.45, 2.75) is 92.9 Å². The second-order valence-electron chi connectivity index (χ2n) is 7.48. The fourth-order valence-electron chi connectivity index (χ4n) is 2.54. The monoisotopic (exact) mass is 360 g/mol. The molecule has 2 nitrogen and oxygen atoms in total. The van der Waals surface area contributed by atoms with E-state index in [1.54, 1.807) is 0 Å². The number of hydrogen-bond donors (Lipinski definition) is 0. The highest BCUT2D eigenvalue weighted by Gasteiger charge is 1.98. The fraction of sp³-hybridized carbons (Fsp3) is 0.625. The molecule has 0 N–H and O–H groups in total. The van der Waals surface area contributed by atoms with Crippen LogP contribution in [0.3, 0.4) is 0 Å². The van der Waals surface area contributed by atoms with Crippen LogP contribution < -0.4 is 0 Å². The number of allylic oxidation sites excluding steroid dienone is 7. The van der Waals surface area contributed by atoms with Crippen LogP contribution in [0.2, 0.25) is 0 Å². The van der Waals surface area contributed by atoms with Crippen molar-refractivity contribution in [3.05, 3.63) is 46.6 Å². The minimum absolute atomic E-state index is 0.100. The molecule has 0 spiro atoms. The van der Waals surface area contributed by atoms with Gasteiger partial charge in [-0.05, 0) is 85.6 Å². The van der Waals surface area contributed by atoms with E-state index >= 15 is 0 Å². The van der Waals surface area contributed by atoms with E-state index in [-0.39, 0.29) is 5.97 Å². The SMILES string of the molecule is CCCC(=O)OCC=C(C)CCC=C(C)CCC=C(C)CCC=C(C)C. The summed E-state index contributed by atoms with van der Waals surface area (Å²) in [5.74, 6) is -0.100. The number of ether oxygens (including phenoxy) is 1. The van der Waals surface area contributed by atoms with Crippen molar-refractivity contribution in [1.82, 2.24) is 0 Å². The third-order valence-electron chi connectivity index (χ3n) is 4.28. The van der Waals surface area contributed by atoms with Crippen LogP contribution in [-0.4, -0.2) is 12.6 Å². The van der Waals surface area contributed by atoms with Gasteiger partial charge in [0.15, 0.2) is 0 Å². The Morgan fingerprint density at radius 2 is 1.15 bits per heavy atom. The van der Waals surface area contributed by atoms with Gasteiger partial charge in [0, 0.05) is 6.42 Å². The van der Waals surface area contributed by atoms with Crippen LogP contribution >= 0.6 is 0 Å². The molecule has 0 amide bonds. The van der Waals surface area contributed by atoms with Crippen LogP contribution in [0.15, 0.2) is 46.6 Å². The van der Waals surface area contributed by atoms with Crippen molar-refractivity contribution in [3.8, 4) is 0 Å². The summed E-state index contributed by atoms with van der Waals surface area (Å²) in [6, 6.07) is 0. The third kappa shape index (κ3) is 15.9.